The van der Waals surface area contributed by atoms with Crippen LogP contribution in [0.5, 0.6) is 0 Å². The molecular weight excluding hydrogens is 344 g/mol. The first-order chi connectivity index (χ1) is 13.6. The van der Waals surface area contributed by atoms with Gasteiger partial charge in [0.25, 0.3) is 0 Å². The molecule has 0 aromatic heterocycles. The predicted octanol–water partition coefficient (Wildman–Crippen LogP) is 4.47. The molecule has 0 aliphatic rings. The van der Waals surface area contributed by atoms with Crippen LogP contribution in [0.25, 0.3) is 0 Å². The molecule has 3 heteroatoms. The van der Waals surface area contributed by atoms with E-state index < -0.39 is 11.6 Å². The second-order valence-electron chi connectivity index (χ2n) is 7.26. The number of benzene rings is 3. The molecule has 2 atom stereocenters. The van der Waals surface area contributed by atoms with Crippen LogP contribution in [0.2, 0.25) is 0 Å². The van der Waals surface area contributed by atoms with E-state index in [-0.39, 0.29) is 11.8 Å². The third-order valence-electron chi connectivity index (χ3n) is 5.51. The topological polar surface area (TPSA) is 55.1 Å². The summed E-state index contributed by atoms with van der Waals surface area (Å²) in [4.78, 5) is 12.4. The van der Waals surface area contributed by atoms with E-state index in [1.807, 2.05) is 54.6 Å². The van der Waals surface area contributed by atoms with Gasteiger partial charge in [-0.15, -0.1) is 0 Å². The lowest BCUT2D eigenvalue weighted by Gasteiger charge is -2.40. The van der Waals surface area contributed by atoms with Crippen LogP contribution in [0, 0.1) is 5.92 Å². The zero-order chi connectivity index (χ0) is 20.0. The molecule has 0 heterocycles. The highest BCUT2D eigenvalue weighted by Gasteiger charge is 2.40. The van der Waals surface area contributed by atoms with E-state index in [1.165, 1.54) is 0 Å². The normalized spacial score (nSPS) is 13.6. The highest BCUT2D eigenvalue weighted by Crippen LogP contribution is 2.37. The number of rotatable bonds is 8. The summed E-state index contributed by atoms with van der Waals surface area (Å²) in [6.07, 6.45) is 0.856. The van der Waals surface area contributed by atoms with Gasteiger partial charge in [-0.2, -0.15) is 0 Å². The largest absolute Gasteiger partial charge is 0.368 e. The summed E-state index contributed by atoms with van der Waals surface area (Å²) in [7, 11) is 0. The first kappa shape index (κ1) is 19.8. The highest BCUT2D eigenvalue weighted by molar-refractivity contribution is 5.80. The van der Waals surface area contributed by atoms with Crippen molar-refractivity contribution in [3.63, 3.8) is 0 Å². The predicted molar refractivity (Wildman–Crippen MR) is 115 cm³/mol. The Morgan fingerprint density at radius 1 is 0.821 bits per heavy atom. The Hall–Kier alpha value is -2.91. The van der Waals surface area contributed by atoms with Crippen molar-refractivity contribution in [2.45, 2.75) is 31.8 Å². The van der Waals surface area contributed by atoms with Crippen molar-refractivity contribution in [3.8, 4) is 0 Å². The Bertz CT molecular complexity index is 782. The number of primary amides is 1. The lowest BCUT2D eigenvalue weighted by molar-refractivity contribution is -0.121. The highest BCUT2D eigenvalue weighted by atomic mass is 16.1. The van der Waals surface area contributed by atoms with E-state index in [1.54, 1.807) is 0 Å². The van der Waals surface area contributed by atoms with Crippen molar-refractivity contribution in [1.82, 2.24) is 5.32 Å². The first-order valence-electron chi connectivity index (χ1n) is 9.83. The number of hydrogen-bond acceptors (Lipinski definition) is 2. The van der Waals surface area contributed by atoms with E-state index in [4.69, 9.17) is 5.73 Å². The fourth-order valence-corrected chi connectivity index (χ4v) is 3.78. The minimum absolute atomic E-state index is 0.105. The molecule has 0 saturated heterocycles. The van der Waals surface area contributed by atoms with Gasteiger partial charge in [-0.1, -0.05) is 111 Å². The van der Waals surface area contributed by atoms with Crippen molar-refractivity contribution < 1.29 is 4.79 Å². The molecule has 3 aromatic rings. The zero-order valence-electron chi connectivity index (χ0n) is 16.5. The van der Waals surface area contributed by atoms with Crippen LogP contribution in [0.4, 0.5) is 0 Å². The molecule has 144 valence electrons. The monoisotopic (exact) mass is 372 g/mol. The van der Waals surface area contributed by atoms with Gasteiger partial charge >= 0.3 is 0 Å². The van der Waals surface area contributed by atoms with Crippen molar-refractivity contribution in [2.24, 2.45) is 11.7 Å². The third-order valence-corrected chi connectivity index (χ3v) is 5.51. The second-order valence-corrected chi connectivity index (χ2v) is 7.26. The lowest BCUT2D eigenvalue weighted by Crippen LogP contribution is -2.56. The zero-order valence-corrected chi connectivity index (χ0v) is 16.5. The summed E-state index contributed by atoms with van der Waals surface area (Å²) >= 11 is 0. The fraction of sp³-hybridized carbons (Fsp3) is 0.240. The maximum atomic E-state index is 12.4. The van der Waals surface area contributed by atoms with Gasteiger partial charge in [0.2, 0.25) is 5.91 Å². The van der Waals surface area contributed by atoms with Gasteiger partial charge in [0.05, 0.1) is 11.6 Å². The van der Waals surface area contributed by atoms with Crippen LogP contribution in [-0.4, -0.2) is 11.9 Å². The minimum atomic E-state index is -0.688. The molecule has 0 spiro atoms. The van der Waals surface area contributed by atoms with Gasteiger partial charge in [-0.25, -0.2) is 0 Å². The Balaban J connectivity index is 2.29. The maximum Gasteiger partial charge on any atom is 0.234 e. The fourth-order valence-electron chi connectivity index (χ4n) is 3.78. The SMILES string of the molecule is CC[C@H](C)[C@H](NC(c1ccccc1)(c1ccccc1)c1ccccc1)C(N)=O. The van der Waals surface area contributed by atoms with E-state index in [0.29, 0.717) is 0 Å². The molecule has 3 nitrogen and oxygen atoms in total. The van der Waals surface area contributed by atoms with Gasteiger partial charge in [0.1, 0.15) is 0 Å². The average molecular weight is 373 g/mol. The van der Waals surface area contributed by atoms with E-state index in [9.17, 15) is 4.79 Å². The molecule has 3 aromatic carbocycles. The average Bonchev–Trinajstić information content (AvgIpc) is 2.76. The Labute approximate surface area is 167 Å². The molecular formula is C25H28N2O. The molecule has 0 aliphatic heterocycles. The molecule has 1 amide bonds. The molecule has 3 N–H and O–H groups in total. The van der Waals surface area contributed by atoms with Crippen molar-refractivity contribution in [1.29, 1.82) is 0 Å². The summed E-state index contributed by atoms with van der Waals surface area (Å²) < 4.78 is 0. The Morgan fingerprint density at radius 3 is 1.46 bits per heavy atom. The summed E-state index contributed by atoms with van der Waals surface area (Å²) in [6.45, 7) is 4.14. The minimum Gasteiger partial charge on any atom is -0.368 e. The van der Waals surface area contributed by atoms with Crippen molar-refractivity contribution in [3.05, 3.63) is 108 Å². The standard InChI is InChI=1S/C25H28N2O/c1-3-19(2)23(24(26)28)27-25(20-13-7-4-8-14-20,21-15-9-5-10-16-21)22-17-11-6-12-18-22/h4-19,23,27H,3H2,1-2H3,(H2,26,28)/t19-,23-/m0/s1. The number of hydrogen-bond donors (Lipinski definition) is 2. The number of carbonyl (C=O) groups is 1. The number of amides is 1. The van der Waals surface area contributed by atoms with Crippen molar-refractivity contribution >= 4 is 5.91 Å². The molecule has 0 unspecified atom stereocenters. The number of nitrogens with two attached hydrogens (primary N) is 1. The van der Waals surface area contributed by atoms with Crippen LogP contribution < -0.4 is 11.1 Å². The van der Waals surface area contributed by atoms with Crippen LogP contribution >= 0.6 is 0 Å². The summed E-state index contributed by atoms with van der Waals surface area (Å²) in [5.41, 5.74) is 8.38. The van der Waals surface area contributed by atoms with Gasteiger partial charge in [0, 0.05) is 0 Å². The van der Waals surface area contributed by atoms with Gasteiger partial charge in [0.15, 0.2) is 0 Å². The van der Waals surface area contributed by atoms with E-state index in [2.05, 4.69) is 55.6 Å². The molecule has 0 bridgehead atoms. The third kappa shape index (κ3) is 3.85. The van der Waals surface area contributed by atoms with Gasteiger partial charge in [-0.3, -0.25) is 10.1 Å². The number of nitrogens with one attached hydrogen (secondary N) is 1. The first-order valence-corrected chi connectivity index (χ1v) is 9.83. The van der Waals surface area contributed by atoms with Crippen molar-refractivity contribution in [2.75, 3.05) is 0 Å². The van der Waals surface area contributed by atoms with Crippen LogP contribution in [0.1, 0.15) is 37.0 Å². The molecule has 0 radical (unpaired) electrons. The van der Waals surface area contributed by atoms with E-state index >= 15 is 0 Å². The molecule has 0 saturated carbocycles. The maximum absolute atomic E-state index is 12.4. The Kier molecular flexibility index (Phi) is 6.27. The molecule has 0 fully saturated rings. The summed E-state index contributed by atoms with van der Waals surface area (Å²) in [6, 6.07) is 30.3. The number of carbonyl (C=O) groups excluding carboxylic acids is 1. The molecule has 3 rings (SSSR count). The van der Waals surface area contributed by atoms with Crippen LogP contribution in [0.3, 0.4) is 0 Å². The summed E-state index contributed by atoms with van der Waals surface area (Å²) in [5, 5.41) is 3.69. The molecule has 0 aliphatic carbocycles. The Morgan fingerprint density at radius 2 is 1.18 bits per heavy atom. The van der Waals surface area contributed by atoms with Crippen LogP contribution in [-0.2, 0) is 10.3 Å². The second kappa shape index (κ2) is 8.85. The van der Waals surface area contributed by atoms with E-state index in [0.717, 1.165) is 23.1 Å². The van der Waals surface area contributed by atoms with Gasteiger partial charge < -0.3 is 5.73 Å². The van der Waals surface area contributed by atoms with Crippen LogP contribution in [0.15, 0.2) is 91.0 Å². The van der Waals surface area contributed by atoms with Gasteiger partial charge in [-0.05, 0) is 22.6 Å². The molecule has 28 heavy (non-hydrogen) atoms. The summed E-state index contributed by atoms with van der Waals surface area (Å²) in [5.74, 6) is -0.227. The lowest BCUT2D eigenvalue weighted by atomic mass is 9.75. The quantitative estimate of drug-likeness (QED) is 0.573. The smallest absolute Gasteiger partial charge is 0.234 e.